The predicted molar refractivity (Wildman–Crippen MR) is 294 cm³/mol. The topological polar surface area (TPSA) is 239 Å². The first-order valence-corrected chi connectivity index (χ1v) is 26.1. The molecule has 0 radical (unpaired) electrons. The zero-order valence-corrected chi connectivity index (χ0v) is 44.5. The molecule has 2 aliphatic rings. The zero-order valence-electron chi connectivity index (χ0n) is 42.2. The number of nitrogens with two attached hydrogens (primary N) is 1. The van der Waals surface area contributed by atoms with Gasteiger partial charge in [-0.1, -0.05) is 120 Å². The van der Waals surface area contributed by atoms with E-state index < -0.39 is 17.8 Å². The second kappa shape index (κ2) is 25.9. The third kappa shape index (κ3) is 15.4. The summed E-state index contributed by atoms with van der Waals surface area (Å²) >= 11 is 18.5. The first kappa shape index (κ1) is 54.9. The molecule has 2 fully saturated rings. The van der Waals surface area contributed by atoms with Crippen molar-refractivity contribution in [2.45, 2.75) is 115 Å². The quantitative estimate of drug-likeness (QED) is 0.0632. The molecule has 18 nitrogen and oxygen atoms in total. The van der Waals surface area contributed by atoms with Crippen LogP contribution in [0.4, 0.5) is 20.3 Å². The Morgan fingerprint density at radius 2 is 1.21 bits per heavy atom. The van der Waals surface area contributed by atoms with Crippen LogP contribution in [0.25, 0.3) is 44.6 Å². The molecular weight excluding hydrogens is 1030 g/mol. The van der Waals surface area contributed by atoms with Crippen LogP contribution in [-0.4, -0.2) is 88.0 Å². The third-order valence-corrected chi connectivity index (χ3v) is 13.1. The summed E-state index contributed by atoms with van der Waals surface area (Å²) in [4.78, 5) is 53.3. The molecule has 0 aliphatic heterocycles. The van der Waals surface area contributed by atoms with Crippen LogP contribution in [0.2, 0.25) is 15.3 Å². The van der Waals surface area contributed by atoms with Gasteiger partial charge >= 0.3 is 18.3 Å². The highest BCUT2D eigenvalue weighted by Crippen LogP contribution is 2.33. The first-order valence-electron chi connectivity index (χ1n) is 25.0. The number of hydrogen-bond acceptors (Lipinski definition) is 14. The van der Waals surface area contributed by atoms with Gasteiger partial charge in [0.2, 0.25) is 11.2 Å². The number of alkyl carbamates (subject to hydrolysis) is 2. The van der Waals surface area contributed by atoms with Crippen molar-refractivity contribution in [3.05, 3.63) is 148 Å². The number of H-pyrrole nitrogens is 1. The number of fused-ring (bicyclic) bond motifs is 2. The zero-order chi connectivity index (χ0) is 53.6. The Kier molecular flexibility index (Phi) is 18.7. The van der Waals surface area contributed by atoms with Gasteiger partial charge in [-0.05, 0) is 107 Å². The van der Waals surface area contributed by atoms with E-state index in [-0.39, 0.29) is 42.2 Å². The molecule has 4 atom stereocenters. The number of anilines is 1. The summed E-state index contributed by atoms with van der Waals surface area (Å²) in [7, 11) is 0. The summed E-state index contributed by atoms with van der Waals surface area (Å²) in [5.41, 5.74) is 10.8. The number of nitrogens with zero attached hydrogens (tertiary/aromatic N) is 7. The van der Waals surface area contributed by atoms with Gasteiger partial charge in [0.25, 0.3) is 0 Å². The van der Waals surface area contributed by atoms with Crippen LogP contribution in [0, 0.1) is 0 Å². The Morgan fingerprint density at radius 1 is 0.658 bits per heavy atom. The van der Waals surface area contributed by atoms with Gasteiger partial charge in [0, 0.05) is 34.9 Å². The van der Waals surface area contributed by atoms with Crippen molar-refractivity contribution < 1.29 is 28.6 Å². The molecule has 4 heterocycles. The number of carbonyl (C=O) groups is 3. The number of benzene rings is 4. The van der Waals surface area contributed by atoms with Crippen LogP contribution in [0.3, 0.4) is 0 Å². The molecule has 6 N–H and O–H groups in total. The number of ether oxygens (including phenoxy) is 3. The third-order valence-electron chi connectivity index (χ3n) is 12.3. The summed E-state index contributed by atoms with van der Waals surface area (Å²) in [6, 6.07) is 34.9. The van der Waals surface area contributed by atoms with E-state index in [4.69, 9.17) is 54.7 Å². The van der Waals surface area contributed by atoms with Crippen molar-refractivity contribution in [1.82, 2.24) is 50.5 Å². The molecule has 0 spiro atoms. The summed E-state index contributed by atoms with van der Waals surface area (Å²) in [6.07, 6.45) is 9.23. The molecule has 2 amide bonds. The highest BCUT2D eigenvalue weighted by molar-refractivity contribution is 6.34. The lowest BCUT2D eigenvalue weighted by Gasteiger charge is -2.30. The molecular formula is C55H59Cl3N12O6. The SMILES string of the molecule is CC(C)(C)OC(=O)n1nc(-c2nc(Cl)ncc2Cl)c2ccccc21.N[C@@H]1CCC[C@H](NC(=O)OCc2ccccc2)C1.O=C(N[C@H]1CCC[C@@H](Nc2ncc(Cl)c(-c3n[nH]c4ccccc34)n2)C1)OCc1ccccc1. The standard InChI is InChI=1S/C25H25ClN6O2.C16H14Cl2N4O2.C14H20N2O2/c26-20-14-27-24(30-23(20)22-19-11-4-5-12-21(19)31-32-22)28-17-9-6-10-18(13-17)29-25(33)34-15-16-7-2-1-3-8-16;1-16(2,3)24-15(23)22-11-7-5-4-6-9(11)12(21-22)13-10(17)8-19-14(18)20-13;15-12-7-4-8-13(9-12)16-14(17)18-10-11-5-2-1-3-6-11/h1-5,7-8,11-12,14,17-18H,6,9-10,13,15H2,(H,29,33)(H,31,32)(H,27,28,30);4-8H,1-3H3;1-3,5-6,12-13H,4,7-10,15H2,(H,16,17)/t17-,18+;;12-,13+/m1.1/s1. The molecule has 2 aliphatic carbocycles. The average molecular weight is 1090 g/mol. The van der Waals surface area contributed by atoms with Crippen LogP contribution < -0.4 is 21.7 Å². The van der Waals surface area contributed by atoms with Gasteiger partial charge < -0.3 is 35.9 Å². The molecule has 396 valence electrons. The van der Waals surface area contributed by atoms with E-state index in [1.54, 1.807) is 33.0 Å². The van der Waals surface area contributed by atoms with Crippen molar-refractivity contribution in [2.75, 3.05) is 5.32 Å². The van der Waals surface area contributed by atoms with E-state index >= 15 is 0 Å². The van der Waals surface area contributed by atoms with Gasteiger partial charge in [-0.3, -0.25) is 5.10 Å². The van der Waals surface area contributed by atoms with Crippen molar-refractivity contribution in [3.8, 4) is 22.8 Å². The fourth-order valence-corrected chi connectivity index (χ4v) is 9.29. The Morgan fingerprint density at radius 3 is 1.86 bits per heavy atom. The van der Waals surface area contributed by atoms with Crippen LogP contribution in [0.15, 0.2) is 122 Å². The fraction of sp³-hybridized carbons (Fsp3) is 0.327. The molecule has 8 aromatic rings. The Labute approximate surface area is 454 Å². The van der Waals surface area contributed by atoms with Gasteiger partial charge in [-0.25, -0.2) is 34.3 Å². The van der Waals surface area contributed by atoms with Gasteiger partial charge in [-0.15, -0.1) is 0 Å². The number of carbonyl (C=O) groups excluding carboxylic acids is 3. The monoisotopic (exact) mass is 1090 g/mol. The maximum absolute atomic E-state index is 12.5. The van der Waals surface area contributed by atoms with Gasteiger partial charge in [-0.2, -0.15) is 14.9 Å². The minimum absolute atomic E-state index is 0.0246. The minimum Gasteiger partial charge on any atom is -0.445 e. The van der Waals surface area contributed by atoms with Crippen LogP contribution >= 0.6 is 34.8 Å². The molecule has 0 unspecified atom stereocenters. The number of rotatable bonds is 10. The molecule has 21 heteroatoms. The maximum atomic E-state index is 12.5. The second-order valence-corrected chi connectivity index (χ2v) is 20.5. The molecule has 76 heavy (non-hydrogen) atoms. The number of halogens is 3. The number of aromatic nitrogens is 8. The normalized spacial score (nSPS) is 17.2. The molecule has 4 aromatic heterocycles. The molecule has 0 saturated heterocycles. The van der Waals surface area contributed by atoms with E-state index in [1.807, 2.05) is 103 Å². The lowest BCUT2D eigenvalue weighted by atomic mass is 9.91. The van der Waals surface area contributed by atoms with Gasteiger partial charge in [0.05, 0.1) is 33.5 Å². The van der Waals surface area contributed by atoms with E-state index in [1.165, 1.54) is 10.9 Å². The van der Waals surface area contributed by atoms with Crippen molar-refractivity contribution in [2.24, 2.45) is 5.73 Å². The Bertz CT molecular complexity index is 3230. The van der Waals surface area contributed by atoms with Crippen molar-refractivity contribution >= 4 is 80.8 Å². The summed E-state index contributed by atoms with van der Waals surface area (Å²) in [6.45, 7) is 5.94. The van der Waals surface area contributed by atoms with Crippen molar-refractivity contribution in [1.29, 1.82) is 0 Å². The fourth-order valence-electron chi connectivity index (χ4n) is 8.80. The minimum atomic E-state index is -0.639. The highest BCUT2D eigenvalue weighted by atomic mass is 35.5. The summed E-state index contributed by atoms with van der Waals surface area (Å²) in [5, 5.41) is 23.5. The molecule has 2 saturated carbocycles. The van der Waals surface area contributed by atoms with Gasteiger partial charge in [0.15, 0.2) is 0 Å². The maximum Gasteiger partial charge on any atom is 0.435 e. The Balaban J connectivity index is 0.000000160. The lowest BCUT2D eigenvalue weighted by molar-refractivity contribution is 0.0523. The molecule has 10 rings (SSSR count). The van der Waals surface area contributed by atoms with Crippen LogP contribution in [0.5, 0.6) is 0 Å². The molecule has 0 bridgehead atoms. The largest absolute Gasteiger partial charge is 0.445 e. The molecule has 4 aromatic carbocycles. The van der Waals surface area contributed by atoms with Crippen LogP contribution in [-0.2, 0) is 27.4 Å². The van der Waals surface area contributed by atoms with Crippen LogP contribution in [0.1, 0.15) is 83.3 Å². The number of nitrogens with one attached hydrogen (secondary N) is 4. The second-order valence-electron chi connectivity index (χ2n) is 19.3. The number of para-hydroxylation sites is 2. The lowest BCUT2D eigenvalue weighted by Crippen LogP contribution is -2.42. The number of amides is 2. The summed E-state index contributed by atoms with van der Waals surface area (Å²) in [5.74, 6) is 0.490. The van der Waals surface area contributed by atoms with E-state index in [0.717, 1.165) is 73.4 Å². The Hall–Kier alpha value is -7.38. The predicted octanol–water partition coefficient (Wildman–Crippen LogP) is 12.1. The highest BCUT2D eigenvalue weighted by Gasteiger charge is 2.27. The van der Waals surface area contributed by atoms with E-state index in [0.29, 0.717) is 56.3 Å². The summed E-state index contributed by atoms with van der Waals surface area (Å²) < 4.78 is 17.1. The van der Waals surface area contributed by atoms with E-state index in [9.17, 15) is 14.4 Å². The van der Waals surface area contributed by atoms with Crippen molar-refractivity contribution in [3.63, 3.8) is 0 Å². The van der Waals surface area contributed by atoms with Gasteiger partial charge in [0.1, 0.15) is 41.6 Å². The first-order chi connectivity index (χ1) is 36.7. The average Bonchev–Trinajstić information content (AvgIpc) is 4.03. The smallest absolute Gasteiger partial charge is 0.435 e. The van der Waals surface area contributed by atoms with E-state index in [2.05, 4.69) is 51.2 Å². The number of hydrogen-bond donors (Lipinski definition) is 5. The number of aromatic amines is 1.